The van der Waals surface area contributed by atoms with Crippen LogP contribution in [-0.2, 0) is 180 Å². The van der Waals surface area contributed by atoms with Crippen LogP contribution in [-0.4, -0.2) is 331 Å². The molecule has 0 aromatic heterocycles. The van der Waals surface area contributed by atoms with Gasteiger partial charge in [0.2, 0.25) is 0 Å². The van der Waals surface area contributed by atoms with Crippen molar-refractivity contribution in [2.75, 3.05) is 159 Å². The first-order chi connectivity index (χ1) is 67.8. The third kappa shape index (κ3) is 79.3. The average Bonchev–Trinajstić information content (AvgIpc) is 0.842. The fraction of sp³-hybridized carbons (Fsp3) is 0.617. The highest BCUT2D eigenvalue weighted by atomic mass is 28.4. The molecule has 145 heavy (non-hydrogen) atoms. The summed E-state index contributed by atoms with van der Waals surface area (Å²) in [5.41, 5.74) is 0. The second-order valence-electron chi connectivity index (χ2n) is 36.7. The lowest BCUT2D eigenvalue weighted by atomic mass is 10.5. The summed E-state index contributed by atoms with van der Waals surface area (Å²) in [5.74, 6) is -6.20. The Morgan fingerprint density at radius 3 is 0.345 bits per heavy atom. The molecule has 0 aromatic carbocycles. The lowest BCUT2D eigenvalue weighted by Crippen LogP contribution is -2.49. The molecule has 0 heterocycles. The molecule has 0 N–H and O–H groups in total. The van der Waals surface area contributed by atoms with Gasteiger partial charge in [0, 0.05) is 125 Å². The molecule has 0 amide bonds. The third-order valence-electron chi connectivity index (χ3n) is 20.4. The number of rotatable bonds is 88. The summed E-state index contributed by atoms with van der Waals surface area (Å²) in [4.78, 5) is 137. The maximum absolute atomic E-state index is 11.4. The third-order valence-corrected chi connectivity index (χ3v) is 62.1. The van der Waals surface area contributed by atoms with Crippen LogP contribution in [0.4, 0.5) is 0 Å². The van der Waals surface area contributed by atoms with Crippen LogP contribution < -0.4 is 0 Å². The van der Waals surface area contributed by atoms with E-state index in [9.17, 15) is 57.5 Å². The first-order valence-electron chi connectivity index (χ1n) is 48.1. The fourth-order valence-electron chi connectivity index (χ4n) is 12.8. The molecule has 0 aliphatic heterocycles. The first-order valence-corrected chi connectivity index (χ1v) is 81.9. The van der Waals surface area contributed by atoms with E-state index in [2.05, 4.69) is 158 Å². The van der Waals surface area contributed by atoms with Gasteiger partial charge in [-0.1, -0.05) is 78.9 Å². The molecule has 0 saturated heterocycles. The Labute approximate surface area is 873 Å². The zero-order valence-electron chi connectivity index (χ0n) is 89.6. The predicted octanol–water partition coefficient (Wildman–Crippen LogP) is 15.2. The van der Waals surface area contributed by atoms with Crippen LogP contribution in [0.5, 0.6) is 0 Å². The highest BCUT2D eigenvalue weighted by molar-refractivity contribution is 6.88. The van der Waals surface area contributed by atoms with E-state index in [1.165, 1.54) is 0 Å². The Morgan fingerprint density at radius 2 is 0.241 bits per heavy atom. The summed E-state index contributed by atoms with van der Waals surface area (Å²) in [6.45, 7) is 82.6. The number of hydrogen-bond donors (Lipinski definition) is 0. The van der Waals surface area contributed by atoms with E-state index in [0.717, 1.165) is 109 Å². The molecule has 0 saturated carbocycles. The summed E-state index contributed by atoms with van der Waals surface area (Å²) < 4.78 is 156. The van der Waals surface area contributed by atoms with Crippen LogP contribution in [0, 0.1) is 0 Å². The average molecular weight is 2260 g/mol. The van der Waals surface area contributed by atoms with Gasteiger partial charge in [0.25, 0.3) is 0 Å². The second kappa shape index (κ2) is 77.8. The Bertz CT molecular complexity index is 3420. The van der Waals surface area contributed by atoms with Crippen molar-refractivity contribution in [2.24, 2.45) is 0 Å². The summed E-state index contributed by atoms with van der Waals surface area (Å²) in [6, 6.07) is 8.51. The van der Waals surface area contributed by atoms with Gasteiger partial charge in [0.05, 0.1) is 79.3 Å². The number of carbonyl (C=O) groups is 12. The number of esters is 12. The van der Waals surface area contributed by atoms with E-state index in [1.807, 2.05) is 39.3 Å². The molecule has 0 rings (SSSR count). The molecule has 0 radical (unpaired) electrons. The van der Waals surface area contributed by atoms with Gasteiger partial charge in [-0.15, -0.1) is 0 Å². The molecule has 0 fully saturated rings. The molecule has 0 atom stereocenters. The van der Waals surface area contributed by atoms with Crippen molar-refractivity contribution < 1.29 is 180 Å². The minimum atomic E-state index is -2.79. The zero-order chi connectivity index (χ0) is 111. The molecule has 0 aliphatic rings. The molecule has 51 heteroatoms. The largest absolute Gasteiger partial charge is 0.462 e. The first kappa shape index (κ1) is 142. The summed E-state index contributed by atoms with van der Waals surface area (Å²) >= 11 is 0. The lowest BCUT2D eigenvalue weighted by molar-refractivity contribution is -0.140. The Kier molecular flexibility index (Phi) is 76.0. The summed E-state index contributed by atoms with van der Waals surface area (Å²) in [7, 11) is -29.9. The topological polar surface area (TPSA) is 454 Å². The highest BCUT2D eigenvalue weighted by Crippen LogP contribution is 2.35. The molecular formula is C94H170O39Si12. The van der Waals surface area contributed by atoms with Crippen molar-refractivity contribution in [3.8, 4) is 0 Å². The monoisotopic (exact) mass is 2260 g/mol. The van der Waals surface area contributed by atoms with Gasteiger partial charge in [-0.05, 0) is 190 Å². The minimum absolute atomic E-state index is 0.0553. The molecule has 828 valence electrons. The van der Waals surface area contributed by atoms with E-state index in [0.29, 0.717) is 88.4 Å². The van der Waals surface area contributed by atoms with Crippen LogP contribution in [0.1, 0.15) is 25.7 Å². The molecule has 0 bridgehead atoms. The van der Waals surface area contributed by atoms with Gasteiger partial charge >= 0.3 is 123 Å². The maximum atomic E-state index is 11.4. The number of hydrogen-bond acceptors (Lipinski definition) is 39. The lowest BCUT2D eigenvalue weighted by Gasteiger charge is -2.37. The van der Waals surface area contributed by atoms with Gasteiger partial charge < -0.3 is 122 Å². The van der Waals surface area contributed by atoms with E-state index in [-0.39, 0.29) is 132 Å². The number of carbonyl (C=O) groups excluding carboxylic acids is 12. The van der Waals surface area contributed by atoms with Gasteiger partial charge in [-0.2, -0.15) is 0 Å². The highest BCUT2D eigenvalue weighted by Gasteiger charge is 2.46. The minimum Gasteiger partial charge on any atom is -0.462 e. The van der Waals surface area contributed by atoms with Gasteiger partial charge in [-0.3, -0.25) is 0 Å². The normalized spacial score (nSPS) is 12.0. The van der Waals surface area contributed by atoms with Crippen LogP contribution in [0.15, 0.2) is 152 Å². The second-order valence-corrected chi connectivity index (χ2v) is 83.4. The smallest absolute Gasteiger partial charge is 0.334 e. The van der Waals surface area contributed by atoms with Crippen molar-refractivity contribution in [1.82, 2.24) is 0 Å². The SMILES string of the molecule is C=CC(=O)OCCCO[Si](C)(CC[Si](C)(C)O[Si](C)(C)CC[Si](C)(OCCCOC(=O)C=C)OCCCOC(=O)C=C)OCCCOC(=O)C=C.C=CC(=O)OCCO[Si](C)(CC[Si](C)(C)O[Si](C)(C)CC[Si](C)(OCCOC(=O)C=C)OCCOC(=O)C=C)OCCOC(=O)C=C.C=CC(=O)OCCO[Si](C)(CC[Si](C)(C)O[Si](C)(C)CC[Si](C)(OCCOC(=O)C=C)OCCOC(=O)C=C)OCCOC(=O)C=C. The molecular weight excluding hydrogens is 2090 g/mol. The molecule has 0 aliphatic carbocycles. The zero-order valence-corrected chi connectivity index (χ0v) is 102. The van der Waals surface area contributed by atoms with Gasteiger partial charge in [-0.25, -0.2) is 57.5 Å². The van der Waals surface area contributed by atoms with Crippen molar-refractivity contribution in [1.29, 1.82) is 0 Å². The fourth-order valence-corrected chi connectivity index (χ4v) is 67.2. The quantitative estimate of drug-likeness (QED) is 0.0179. The van der Waals surface area contributed by atoms with E-state index < -0.39 is 173 Å². The molecule has 0 unspecified atom stereocenters. The van der Waals surface area contributed by atoms with Crippen molar-refractivity contribution in [3.05, 3.63) is 152 Å². The van der Waals surface area contributed by atoms with Crippen LogP contribution in [0.3, 0.4) is 0 Å². The van der Waals surface area contributed by atoms with Crippen LogP contribution in [0.25, 0.3) is 0 Å². The van der Waals surface area contributed by atoms with E-state index in [1.54, 1.807) is 0 Å². The van der Waals surface area contributed by atoms with Gasteiger partial charge in [0.1, 0.15) is 52.9 Å². The van der Waals surface area contributed by atoms with E-state index >= 15 is 0 Å². The summed E-state index contributed by atoms with van der Waals surface area (Å²) in [6.07, 6.45) is 15.3. The molecule has 0 spiro atoms. The Hall–Kier alpha value is -7.48. The molecule has 39 nitrogen and oxygen atoms in total. The van der Waals surface area contributed by atoms with Gasteiger partial charge in [0.15, 0.2) is 49.9 Å². The van der Waals surface area contributed by atoms with Crippen LogP contribution >= 0.6 is 0 Å². The predicted molar refractivity (Wildman–Crippen MR) is 579 cm³/mol. The van der Waals surface area contributed by atoms with Crippen molar-refractivity contribution in [2.45, 2.75) is 216 Å². The van der Waals surface area contributed by atoms with Crippen LogP contribution in [0.2, 0.25) is 190 Å². The Morgan fingerprint density at radius 1 is 0.145 bits per heavy atom. The summed E-state index contributed by atoms with van der Waals surface area (Å²) in [5, 5.41) is 0. The number of ether oxygens (including phenoxy) is 12. The van der Waals surface area contributed by atoms with Crippen molar-refractivity contribution >= 4 is 173 Å². The molecule has 0 aromatic rings. The standard InChI is InChI=1S/C34H62O13Si4.2C30H54O13Si4/c1-11-31(35)39-19-15-23-43-50(9,44-24-16-20-40-32(36)12-2)29-27-48(5,6)47-49(7,8)28-30-51(10,45-25-17-21-41-33(37)13-3)46-26-18-22-42-34(38)14-4;2*1-11-27(31)35-15-19-39-46(9,40-20-16-36-28(32)12-2)25-23-44(5,6)43-45(7,8)24-26-47(10,41-21-17-37-29(33)13-3)42-22-18-38-30(34)14-4/h11-14H,1-4,15-30H2,5-10H3;2*11-14H,1-4,15-26H2,5-10H3. The van der Waals surface area contributed by atoms with E-state index in [4.69, 9.17) is 122 Å². The van der Waals surface area contributed by atoms with Crippen molar-refractivity contribution in [3.63, 3.8) is 0 Å². The Balaban J connectivity index is -0.00000209. The maximum Gasteiger partial charge on any atom is 0.334 e.